The summed E-state index contributed by atoms with van der Waals surface area (Å²) in [5.74, 6) is 0.300. The van der Waals surface area contributed by atoms with Gasteiger partial charge >= 0.3 is 0 Å². The lowest BCUT2D eigenvalue weighted by molar-refractivity contribution is 0.0936. The quantitative estimate of drug-likeness (QED) is 0.205. The molecule has 1 heterocycles. The Bertz CT molecular complexity index is 914. The molecule has 2 aromatic carbocycles. The van der Waals surface area contributed by atoms with Gasteiger partial charge in [-0.1, -0.05) is 24.3 Å². The summed E-state index contributed by atoms with van der Waals surface area (Å²) in [6.07, 6.45) is 3.00. The zero-order valence-electron chi connectivity index (χ0n) is 17.1. The highest BCUT2D eigenvalue weighted by Crippen LogP contribution is 2.13. The number of aromatic hydroxyl groups is 2. The Kier molecular flexibility index (Phi) is 8.69. The van der Waals surface area contributed by atoms with Crippen LogP contribution < -0.4 is 21.7 Å². The van der Waals surface area contributed by atoms with Gasteiger partial charge in [-0.15, -0.1) is 0 Å². The van der Waals surface area contributed by atoms with E-state index in [1.54, 1.807) is 36.4 Å². The Morgan fingerprint density at radius 3 is 1.47 bits per heavy atom. The highest BCUT2D eigenvalue weighted by atomic mass is 32.1. The van der Waals surface area contributed by atoms with Gasteiger partial charge in [0.2, 0.25) is 10.2 Å². The first-order chi connectivity index (χ1) is 15.5. The molecule has 0 aliphatic carbocycles. The molecule has 1 aliphatic heterocycles. The van der Waals surface area contributed by atoms with Crippen molar-refractivity contribution in [2.24, 2.45) is 10.2 Å². The second-order valence-corrected chi connectivity index (χ2v) is 7.53. The summed E-state index contributed by atoms with van der Waals surface area (Å²) in [7, 11) is 0. The van der Waals surface area contributed by atoms with Crippen LogP contribution in [-0.2, 0) is 0 Å². The number of piperazine rings is 1. The number of thiocarbonyl (C=S) groups is 2. The van der Waals surface area contributed by atoms with E-state index < -0.39 is 0 Å². The summed E-state index contributed by atoms with van der Waals surface area (Å²) in [6, 6.07) is 13.8. The lowest BCUT2D eigenvalue weighted by atomic mass is 10.2. The van der Waals surface area contributed by atoms with Crippen molar-refractivity contribution in [2.75, 3.05) is 26.2 Å². The molecule has 0 atom stereocenters. The monoisotopic (exact) mass is 472 g/mol. The van der Waals surface area contributed by atoms with E-state index in [1.165, 1.54) is 12.4 Å². The first kappa shape index (κ1) is 23.3. The minimum Gasteiger partial charge on any atom is -0.507 e. The second kappa shape index (κ2) is 11.9. The molecular formula is C20H24N8O2S2. The van der Waals surface area contributed by atoms with Gasteiger partial charge in [0.05, 0.1) is 12.4 Å². The van der Waals surface area contributed by atoms with Crippen molar-refractivity contribution in [3.8, 4) is 11.5 Å². The molecule has 0 spiro atoms. The van der Waals surface area contributed by atoms with Crippen LogP contribution in [0.1, 0.15) is 11.1 Å². The molecular weight excluding hydrogens is 448 g/mol. The molecule has 0 amide bonds. The van der Waals surface area contributed by atoms with Gasteiger partial charge in [0.25, 0.3) is 0 Å². The molecule has 2 aromatic rings. The lowest BCUT2D eigenvalue weighted by Crippen LogP contribution is -2.59. The molecule has 1 aliphatic rings. The topological polar surface area (TPSA) is 120 Å². The SMILES string of the molecule is Oc1ccccc1/C=N/NC(=S)NN1CCN(NC(=S)N/N=C/c2ccccc2O)CC1. The van der Waals surface area contributed by atoms with Crippen LogP contribution in [0.3, 0.4) is 0 Å². The molecule has 6 N–H and O–H groups in total. The molecule has 1 fully saturated rings. The highest BCUT2D eigenvalue weighted by molar-refractivity contribution is 7.80. The maximum Gasteiger partial charge on any atom is 0.201 e. The third-order valence-corrected chi connectivity index (χ3v) is 4.78. The fourth-order valence-electron chi connectivity index (χ4n) is 2.78. The molecule has 0 unspecified atom stereocenters. The summed E-state index contributed by atoms with van der Waals surface area (Å²) in [4.78, 5) is 0. The molecule has 0 saturated carbocycles. The largest absolute Gasteiger partial charge is 0.507 e. The molecule has 32 heavy (non-hydrogen) atoms. The Labute approximate surface area is 196 Å². The van der Waals surface area contributed by atoms with E-state index in [9.17, 15) is 10.2 Å². The standard InChI is InChI=1S/C20H24N8O2S2/c29-17-7-3-1-5-15(17)13-21-23-19(31)25-27-9-11-28(12-10-27)26-20(32)24-22-14-16-6-2-4-8-18(16)30/h1-8,13-14,29-30H,9-12H2,(H2,23,25,31)(H2,24,26,32)/b21-13+,22-14+. The van der Waals surface area contributed by atoms with Gasteiger partial charge in [0, 0.05) is 37.3 Å². The Morgan fingerprint density at radius 2 is 1.09 bits per heavy atom. The Balaban J connectivity index is 1.34. The molecule has 0 radical (unpaired) electrons. The molecule has 0 aromatic heterocycles. The van der Waals surface area contributed by atoms with Crippen LogP contribution in [0.2, 0.25) is 0 Å². The van der Waals surface area contributed by atoms with Gasteiger partial charge in [-0.3, -0.25) is 21.7 Å². The minimum absolute atomic E-state index is 0.150. The van der Waals surface area contributed by atoms with Gasteiger partial charge in [0.1, 0.15) is 11.5 Å². The number of phenols is 2. The van der Waals surface area contributed by atoms with E-state index in [4.69, 9.17) is 24.4 Å². The van der Waals surface area contributed by atoms with E-state index in [0.29, 0.717) is 47.5 Å². The van der Waals surface area contributed by atoms with Crippen LogP contribution in [0.15, 0.2) is 58.7 Å². The van der Waals surface area contributed by atoms with Crippen LogP contribution in [0, 0.1) is 0 Å². The lowest BCUT2D eigenvalue weighted by Gasteiger charge is -2.35. The highest BCUT2D eigenvalue weighted by Gasteiger charge is 2.17. The zero-order chi connectivity index (χ0) is 22.8. The molecule has 12 heteroatoms. The number of phenolic OH excluding ortho intramolecular Hbond substituents is 2. The smallest absolute Gasteiger partial charge is 0.201 e. The predicted octanol–water partition coefficient (Wildman–Crippen LogP) is 0.842. The van der Waals surface area contributed by atoms with Crippen molar-refractivity contribution in [1.29, 1.82) is 0 Å². The van der Waals surface area contributed by atoms with Crippen molar-refractivity contribution >= 4 is 47.1 Å². The summed E-state index contributed by atoms with van der Waals surface area (Å²) >= 11 is 10.5. The van der Waals surface area contributed by atoms with Gasteiger partial charge in [-0.25, -0.2) is 10.0 Å². The fourth-order valence-corrected chi connectivity index (χ4v) is 3.15. The van der Waals surface area contributed by atoms with Crippen LogP contribution in [-0.4, -0.2) is 69.1 Å². The van der Waals surface area contributed by atoms with Crippen LogP contribution in [0.25, 0.3) is 0 Å². The first-order valence-electron chi connectivity index (χ1n) is 9.76. The number of rotatable bonds is 6. The summed E-state index contributed by atoms with van der Waals surface area (Å²) in [5.41, 5.74) is 12.8. The Hall–Kier alpha value is -3.32. The maximum absolute atomic E-state index is 9.72. The number of nitrogens with one attached hydrogen (secondary N) is 4. The number of nitrogens with zero attached hydrogens (tertiary/aromatic N) is 4. The molecule has 1 saturated heterocycles. The van der Waals surface area contributed by atoms with Crippen molar-refractivity contribution in [3.63, 3.8) is 0 Å². The summed E-state index contributed by atoms with van der Waals surface area (Å²) in [6.45, 7) is 2.78. The van der Waals surface area contributed by atoms with E-state index in [0.717, 1.165) is 0 Å². The fraction of sp³-hybridized carbons (Fsp3) is 0.200. The third kappa shape index (κ3) is 7.42. The van der Waals surface area contributed by atoms with E-state index >= 15 is 0 Å². The summed E-state index contributed by atoms with van der Waals surface area (Å²) < 4.78 is 0. The van der Waals surface area contributed by atoms with Crippen LogP contribution in [0.5, 0.6) is 11.5 Å². The number of hydrazine groups is 2. The molecule has 3 rings (SSSR count). The predicted molar refractivity (Wildman–Crippen MR) is 132 cm³/mol. The summed E-state index contributed by atoms with van der Waals surface area (Å²) in [5, 5.41) is 32.2. The number of para-hydroxylation sites is 2. The first-order valence-corrected chi connectivity index (χ1v) is 10.6. The molecule has 168 valence electrons. The van der Waals surface area contributed by atoms with E-state index in [-0.39, 0.29) is 11.5 Å². The van der Waals surface area contributed by atoms with Crippen molar-refractivity contribution in [3.05, 3.63) is 59.7 Å². The minimum atomic E-state index is 0.150. The van der Waals surface area contributed by atoms with Gasteiger partial charge < -0.3 is 10.2 Å². The molecule has 0 bridgehead atoms. The van der Waals surface area contributed by atoms with Gasteiger partial charge in [-0.05, 0) is 48.7 Å². The average molecular weight is 473 g/mol. The number of hydrogen-bond acceptors (Lipinski definition) is 8. The van der Waals surface area contributed by atoms with Crippen molar-refractivity contribution in [2.45, 2.75) is 0 Å². The van der Waals surface area contributed by atoms with Crippen molar-refractivity contribution < 1.29 is 10.2 Å². The Morgan fingerprint density at radius 1 is 0.719 bits per heavy atom. The van der Waals surface area contributed by atoms with Gasteiger partial charge in [-0.2, -0.15) is 10.2 Å². The van der Waals surface area contributed by atoms with E-state index in [2.05, 4.69) is 31.9 Å². The average Bonchev–Trinajstić information content (AvgIpc) is 2.78. The number of hydrazone groups is 2. The zero-order valence-corrected chi connectivity index (χ0v) is 18.7. The molecule has 10 nitrogen and oxygen atoms in total. The number of hydrogen-bond donors (Lipinski definition) is 6. The third-order valence-electron chi connectivity index (χ3n) is 4.41. The second-order valence-electron chi connectivity index (χ2n) is 6.71. The van der Waals surface area contributed by atoms with E-state index in [1.807, 2.05) is 22.2 Å². The van der Waals surface area contributed by atoms with Gasteiger partial charge in [0.15, 0.2) is 0 Å². The van der Waals surface area contributed by atoms with Crippen LogP contribution in [0.4, 0.5) is 0 Å². The maximum atomic E-state index is 9.72. The normalized spacial score (nSPS) is 15.0. The number of benzene rings is 2. The van der Waals surface area contributed by atoms with Crippen molar-refractivity contribution in [1.82, 2.24) is 31.7 Å². The van der Waals surface area contributed by atoms with Crippen LogP contribution >= 0.6 is 24.4 Å².